The normalized spacial score (nSPS) is 10.9. The molecule has 0 bridgehead atoms. The molecule has 1 aromatic rings. The van der Waals surface area contributed by atoms with Gasteiger partial charge in [0, 0.05) is 11.6 Å². The molecule has 1 aromatic carbocycles. The molecule has 0 aromatic heterocycles. The third kappa shape index (κ3) is 6.67. The van der Waals surface area contributed by atoms with Gasteiger partial charge in [0.2, 0.25) is 0 Å². The molecule has 0 spiro atoms. The Balaban J connectivity index is 2.37. The number of benzene rings is 1. The summed E-state index contributed by atoms with van der Waals surface area (Å²) in [6, 6.07) is 4.40. The van der Waals surface area contributed by atoms with Gasteiger partial charge >= 0.3 is 12.1 Å². The molecule has 0 saturated heterocycles. The zero-order chi connectivity index (χ0) is 16.8. The Labute approximate surface area is 134 Å². The molecule has 0 heterocycles. The number of hydrogen-bond acceptors (Lipinski definition) is 4. The van der Waals surface area contributed by atoms with E-state index in [4.69, 9.17) is 26.2 Å². The summed E-state index contributed by atoms with van der Waals surface area (Å²) in [5, 5.41) is 12.0. The number of nitrogens with one attached hydrogen (secondary N) is 1. The van der Waals surface area contributed by atoms with E-state index >= 15 is 0 Å². The van der Waals surface area contributed by atoms with Crippen LogP contribution in [0, 0.1) is 0 Å². The molecule has 7 heteroatoms. The van der Waals surface area contributed by atoms with Crippen LogP contribution in [0.1, 0.15) is 37.6 Å². The molecular formula is C15H20ClNO5. The summed E-state index contributed by atoms with van der Waals surface area (Å²) < 4.78 is 10.5. The molecule has 0 radical (unpaired) electrons. The number of rotatable bonds is 6. The molecule has 122 valence electrons. The zero-order valence-electron chi connectivity index (χ0n) is 12.8. The maximum atomic E-state index is 11.4. The summed E-state index contributed by atoms with van der Waals surface area (Å²) in [5.74, 6) is -0.862. The number of amides is 1. The average molecular weight is 330 g/mol. The Morgan fingerprint density at radius 1 is 1.32 bits per heavy atom. The van der Waals surface area contributed by atoms with E-state index < -0.39 is 17.7 Å². The van der Waals surface area contributed by atoms with E-state index in [1.807, 2.05) is 0 Å². The molecule has 0 saturated carbocycles. The first-order valence-electron chi connectivity index (χ1n) is 6.81. The van der Waals surface area contributed by atoms with Crippen molar-refractivity contribution in [2.75, 3.05) is 13.2 Å². The van der Waals surface area contributed by atoms with Crippen LogP contribution in [-0.2, 0) is 4.74 Å². The lowest BCUT2D eigenvalue weighted by Crippen LogP contribution is -2.33. The van der Waals surface area contributed by atoms with Gasteiger partial charge in [-0.25, -0.2) is 9.59 Å². The number of hydrogen-bond donors (Lipinski definition) is 2. The van der Waals surface area contributed by atoms with Crippen LogP contribution < -0.4 is 10.1 Å². The summed E-state index contributed by atoms with van der Waals surface area (Å²) in [7, 11) is 0. The van der Waals surface area contributed by atoms with Crippen molar-refractivity contribution >= 4 is 23.7 Å². The second kappa shape index (κ2) is 7.89. The molecule has 1 rings (SSSR count). The first-order chi connectivity index (χ1) is 10.2. The Hall–Kier alpha value is -1.95. The fraction of sp³-hybridized carbons (Fsp3) is 0.467. The minimum absolute atomic E-state index is 0.00704. The number of halogens is 1. The van der Waals surface area contributed by atoms with Crippen LogP contribution >= 0.6 is 11.6 Å². The van der Waals surface area contributed by atoms with E-state index in [9.17, 15) is 9.59 Å². The first-order valence-corrected chi connectivity index (χ1v) is 7.19. The van der Waals surface area contributed by atoms with Crippen LogP contribution in [0.15, 0.2) is 18.2 Å². The Morgan fingerprint density at radius 3 is 2.59 bits per heavy atom. The van der Waals surface area contributed by atoms with Gasteiger partial charge in [-0.15, -0.1) is 0 Å². The Morgan fingerprint density at radius 2 is 2.00 bits per heavy atom. The summed E-state index contributed by atoms with van der Waals surface area (Å²) in [5.41, 5.74) is -0.534. The Kier molecular flexibility index (Phi) is 6.49. The maximum absolute atomic E-state index is 11.4. The van der Waals surface area contributed by atoms with Crippen molar-refractivity contribution in [3.05, 3.63) is 28.8 Å². The summed E-state index contributed by atoms with van der Waals surface area (Å²) in [6.07, 6.45) is 0.0196. The van der Waals surface area contributed by atoms with Gasteiger partial charge in [-0.05, 0) is 45.4 Å². The molecule has 0 unspecified atom stereocenters. The van der Waals surface area contributed by atoms with E-state index in [-0.39, 0.29) is 17.9 Å². The second-order valence-corrected chi connectivity index (χ2v) is 6.01. The van der Waals surface area contributed by atoms with Crippen LogP contribution in [0.2, 0.25) is 5.02 Å². The number of carboxylic acids is 1. The lowest BCUT2D eigenvalue weighted by molar-refractivity contribution is 0.0525. The van der Waals surface area contributed by atoms with Gasteiger partial charge < -0.3 is 19.9 Å². The minimum atomic E-state index is -1.11. The molecule has 1 amide bonds. The number of ether oxygens (including phenoxy) is 2. The minimum Gasteiger partial charge on any atom is -0.493 e. The van der Waals surface area contributed by atoms with E-state index in [1.165, 1.54) is 12.1 Å². The van der Waals surface area contributed by atoms with E-state index in [0.717, 1.165) is 0 Å². The van der Waals surface area contributed by atoms with Crippen molar-refractivity contribution in [2.45, 2.75) is 32.8 Å². The maximum Gasteiger partial charge on any atom is 0.407 e. The van der Waals surface area contributed by atoms with Crippen molar-refractivity contribution in [1.82, 2.24) is 5.32 Å². The lowest BCUT2D eigenvalue weighted by Gasteiger charge is -2.19. The second-order valence-electron chi connectivity index (χ2n) is 5.58. The largest absolute Gasteiger partial charge is 0.493 e. The smallest absolute Gasteiger partial charge is 0.407 e. The molecule has 0 aliphatic carbocycles. The van der Waals surface area contributed by atoms with Crippen molar-refractivity contribution in [3.63, 3.8) is 0 Å². The highest BCUT2D eigenvalue weighted by Gasteiger charge is 2.15. The third-order valence-corrected chi connectivity index (χ3v) is 2.65. The molecule has 0 fully saturated rings. The van der Waals surface area contributed by atoms with Gasteiger partial charge in [-0.1, -0.05) is 11.6 Å². The first kappa shape index (κ1) is 18.1. The summed E-state index contributed by atoms with van der Waals surface area (Å²) in [4.78, 5) is 22.5. The van der Waals surface area contributed by atoms with Crippen LogP contribution in [-0.4, -0.2) is 35.9 Å². The van der Waals surface area contributed by atoms with Crippen molar-refractivity contribution in [2.24, 2.45) is 0 Å². The molecule has 6 nitrogen and oxygen atoms in total. The van der Waals surface area contributed by atoms with Crippen molar-refractivity contribution in [1.29, 1.82) is 0 Å². The number of carbonyl (C=O) groups is 2. The predicted octanol–water partition coefficient (Wildman–Crippen LogP) is 3.33. The highest BCUT2D eigenvalue weighted by molar-refractivity contribution is 6.31. The van der Waals surface area contributed by atoms with Crippen LogP contribution in [0.4, 0.5) is 4.79 Å². The van der Waals surface area contributed by atoms with Crippen LogP contribution in [0.25, 0.3) is 0 Å². The summed E-state index contributed by atoms with van der Waals surface area (Å²) >= 11 is 5.75. The highest BCUT2D eigenvalue weighted by Crippen LogP contribution is 2.23. The van der Waals surface area contributed by atoms with Gasteiger partial charge in [0.25, 0.3) is 0 Å². The fourth-order valence-corrected chi connectivity index (χ4v) is 1.73. The van der Waals surface area contributed by atoms with Gasteiger partial charge in [0.15, 0.2) is 0 Å². The van der Waals surface area contributed by atoms with Gasteiger partial charge in [-0.3, -0.25) is 0 Å². The summed E-state index contributed by atoms with van der Waals surface area (Å²) in [6.45, 7) is 5.97. The van der Waals surface area contributed by atoms with E-state index in [2.05, 4.69) is 5.32 Å². The lowest BCUT2D eigenvalue weighted by atomic mass is 10.2. The molecule has 22 heavy (non-hydrogen) atoms. The third-order valence-electron chi connectivity index (χ3n) is 2.42. The van der Waals surface area contributed by atoms with E-state index in [1.54, 1.807) is 26.8 Å². The van der Waals surface area contributed by atoms with Gasteiger partial charge in [0.05, 0.1) is 6.61 Å². The predicted molar refractivity (Wildman–Crippen MR) is 82.8 cm³/mol. The Bertz CT molecular complexity index is 539. The fourth-order valence-electron chi connectivity index (χ4n) is 1.55. The monoisotopic (exact) mass is 329 g/mol. The van der Waals surface area contributed by atoms with Gasteiger partial charge in [-0.2, -0.15) is 0 Å². The SMILES string of the molecule is CC(C)(C)OC(=O)NCCCOc1ccc(Cl)cc1C(=O)O. The topological polar surface area (TPSA) is 84.9 Å². The quantitative estimate of drug-likeness (QED) is 0.782. The number of aromatic carboxylic acids is 1. The molecule has 0 atom stereocenters. The molecule has 0 aliphatic heterocycles. The van der Waals surface area contributed by atoms with Crippen molar-refractivity contribution in [3.8, 4) is 5.75 Å². The number of carbonyl (C=O) groups excluding carboxylic acids is 1. The van der Waals surface area contributed by atoms with Gasteiger partial charge in [0.1, 0.15) is 16.9 Å². The number of alkyl carbamates (subject to hydrolysis) is 1. The molecule has 2 N–H and O–H groups in total. The highest BCUT2D eigenvalue weighted by atomic mass is 35.5. The van der Waals surface area contributed by atoms with E-state index in [0.29, 0.717) is 18.0 Å². The number of carboxylic acid groups (broad SMARTS) is 1. The molecule has 0 aliphatic rings. The van der Waals surface area contributed by atoms with Crippen LogP contribution in [0.5, 0.6) is 5.75 Å². The standard InChI is InChI=1S/C15H20ClNO5/c1-15(2,3)22-14(20)17-7-4-8-21-12-6-5-10(16)9-11(12)13(18)19/h5-6,9H,4,7-8H2,1-3H3,(H,17,20)(H,18,19). The average Bonchev–Trinajstić information content (AvgIpc) is 2.37. The van der Waals surface area contributed by atoms with Crippen molar-refractivity contribution < 1.29 is 24.2 Å². The molecular weight excluding hydrogens is 310 g/mol. The zero-order valence-corrected chi connectivity index (χ0v) is 13.6. The van der Waals surface area contributed by atoms with Crippen LogP contribution in [0.3, 0.4) is 0 Å².